The molecule has 0 amide bonds. The van der Waals surface area contributed by atoms with Crippen molar-refractivity contribution in [2.45, 2.75) is 25.2 Å². The highest BCUT2D eigenvalue weighted by atomic mass is 35.5. The van der Waals surface area contributed by atoms with Crippen LogP contribution in [0.4, 0.5) is 5.13 Å². The van der Waals surface area contributed by atoms with Crippen molar-refractivity contribution in [3.8, 4) is 0 Å². The highest BCUT2D eigenvalue weighted by Gasteiger charge is 2.20. The molecular formula is C14H15ClN2O4S2. The van der Waals surface area contributed by atoms with Crippen molar-refractivity contribution in [1.29, 1.82) is 0 Å². The summed E-state index contributed by atoms with van der Waals surface area (Å²) in [5.74, 6) is -0.378. The third-order valence-corrected chi connectivity index (χ3v) is 5.84. The number of carbonyl (C=O) groups is 1. The number of carbonyl (C=O) groups excluding carboxylic acids is 1. The van der Waals surface area contributed by atoms with E-state index in [9.17, 15) is 13.2 Å². The summed E-state index contributed by atoms with van der Waals surface area (Å²) in [6.45, 7) is 3.65. The van der Waals surface area contributed by atoms with E-state index < -0.39 is 10.0 Å². The van der Waals surface area contributed by atoms with Gasteiger partial charge in [-0.1, -0.05) is 17.7 Å². The molecule has 6 nitrogen and oxygen atoms in total. The number of sulfonamides is 1. The summed E-state index contributed by atoms with van der Waals surface area (Å²) in [4.78, 5) is 16.1. The van der Waals surface area contributed by atoms with Crippen molar-refractivity contribution in [3.05, 3.63) is 39.9 Å². The Morgan fingerprint density at radius 3 is 2.87 bits per heavy atom. The summed E-state index contributed by atoms with van der Waals surface area (Å²) in [5, 5.41) is 0.554. The van der Waals surface area contributed by atoms with Crippen molar-refractivity contribution in [3.63, 3.8) is 0 Å². The number of nitrogens with one attached hydrogen (secondary N) is 1. The number of aromatic nitrogens is 1. The van der Waals surface area contributed by atoms with Crippen LogP contribution < -0.4 is 4.72 Å². The zero-order chi connectivity index (χ0) is 17.0. The van der Waals surface area contributed by atoms with Gasteiger partial charge >= 0.3 is 5.97 Å². The molecule has 0 bridgehead atoms. The highest BCUT2D eigenvalue weighted by Crippen LogP contribution is 2.26. The van der Waals surface area contributed by atoms with Gasteiger partial charge in [-0.3, -0.25) is 9.52 Å². The number of nitrogens with zero attached hydrogens (tertiary/aromatic N) is 1. The number of hydrogen-bond donors (Lipinski definition) is 1. The molecule has 0 aliphatic heterocycles. The maximum Gasteiger partial charge on any atom is 0.311 e. The average molecular weight is 375 g/mol. The van der Waals surface area contributed by atoms with Crippen LogP contribution >= 0.6 is 22.9 Å². The van der Waals surface area contributed by atoms with Crippen molar-refractivity contribution < 1.29 is 17.9 Å². The van der Waals surface area contributed by atoms with Crippen LogP contribution in [0.5, 0.6) is 0 Å². The number of benzene rings is 1. The van der Waals surface area contributed by atoms with Gasteiger partial charge in [0.2, 0.25) is 0 Å². The maximum absolute atomic E-state index is 12.4. The van der Waals surface area contributed by atoms with Crippen LogP contribution in [-0.2, 0) is 26.0 Å². The number of esters is 1. The summed E-state index contributed by atoms with van der Waals surface area (Å²) in [6.07, 6.45) is 1.51. The lowest BCUT2D eigenvalue weighted by Gasteiger charge is -2.09. The van der Waals surface area contributed by atoms with Crippen LogP contribution in [-0.4, -0.2) is 26.0 Å². The fourth-order valence-electron chi connectivity index (χ4n) is 1.84. The topological polar surface area (TPSA) is 85.4 Å². The Kier molecular flexibility index (Phi) is 5.61. The van der Waals surface area contributed by atoms with Gasteiger partial charge in [-0.25, -0.2) is 13.4 Å². The number of anilines is 1. The molecule has 0 spiro atoms. The molecule has 23 heavy (non-hydrogen) atoms. The fourth-order valence-corrected chi connectivity index (χ4v) is 4.38. The molecule has 0 unspecified atom stereocenters. The van der Waals surface area contributed by atoms with E-state index in [1.807, 2.05) is 0 Å². The van der Waals surface area contributed by atoms with E-state index in [0.29, 0.717) is 22.1 Å². The van der Waals surface area contributed by atoms with Gasteiger partial charge < -0.3 is 4.74 Å². The van der Waals surface area contributed by atoms with Gasteiger partial charge in [-0.05, 0) is 31.5 Å². The average Bonchev–Trinajstić information content (AvgIpc) is 2.88. The van der Waals surface area contributed by atoms with Gasteiger partial charge in [0.15, 0.2) is 5.13 Å². The van der Waals surface area contributed by atoms with Gasteiger partial charge in [0.1, 0.15) is 0 Å². The van der Waals surface area contributed by atoms with Crippen LogP contribution in [0.15, 0.2) is 29.3 Å². The smallest absolute Gasteiger partial charge is 0.311 e. The molecule has 0 saturated heterocycles. The molecule has 0 radical (unpaired) electrons. The van der Waals surface area contributed by atoms with Crippen molar-refractivity contribution in [1.82, 2.24) is 4.98 Å². The minimum absolute atomic E-state index is 0.0590. The minimum Gasteiger partial charge on any atom is -0.466 e. The molecular weight excluding hydrogens is 360 g/mol. The molecule has 0 saturated carbocycles. The molecule has 124 valence electrons. The second-order valence-electron chi connectivity index (χ2n) is 4.58. The van der Waals surface area contributed by atoms with Gasteiger partial charge in [0.05, 0.1) is 17.9 Å². The monoisotopic (exact) mass is 374 g/mol. The molecule has 0 atom stereocenters. The fraction of sp³-hybridized carbons (Fsp3) is 0.286. The lowest BCUT2D eigenvalue weighted by Crippen LogP contribution is -2.14. The quantitative estimate of drug-likeness (QED) is 0.785. The van der Waals surface area contributed by atoms with Crippen LogP contribution in [0.2, 0.25) is 5.02 Å². The highest BCUT2D eigenvalue weighted by molar-refractivity contribution is 7.93. The zero-order valence-corrected chi connectivity index (χ0v) is 14.9. The van der Waals surface area contributed by atoms with Crippen LogP contribution in [0.1, 0.15) is 17.4 Å². The lowest BCUT2D eigenvalue weighted by atomic mass is 10.2. The summed E-state index contributed by atoms with van der Waals surface area (Å²) < 4.78 is 32.1. The number of halogens is 1. The molecule has 0 aliphatic carbocycles. The molecule has 0 aliphatic rings. The summed E-state index contributed by atoms with van der Waals surface area (Å²) in [7, 11) is -3.79. The SMILES string of the molecule is CCOC(=O)Cc1cnc(NS(=O)(=O)c2cccc(Cl)c2C)s1. The Balaban J connectivity index is 2.17. The molecule has 1 heterocycles. The summed E-state index contributed by atoms with van der Waals surface area (Å²) in [6, 6.07) is 4.66. The Labute approximate surface area is 143 Å². The number of ether oxygens (including phenoxy) is 1. The standard InChI is InChI=1S/C14H15ClN2O4S2/c1-3-21-13(18)7-10-8-16-14(22-10)17-23(19,20)12-6-4-5-11(15)9(12)2/h4-6,8H,3,7H2,1-2H3,(H,16,17). The molecule has 2 aromatic rings. The van der Waals surface area contributed by atoms with Crippen LogP contribution in [0.3, 0.4) is 0 Å². The predicted octanol–water partition coefficient (Wildman–Crippen LogP) is 3.01. The largest absolute Gasteiger partial charge is 0.466 e. The van der Waals surface area contributed by atoms with Crippen LogP contribution in [0.25, 0.3) is 0 Å². The molecule has 1 N–H and O–H groups in total. The third-order valence-electron chi connectivity index (χ3n) is 2.91. The van der Waals surface area contributed by atoms with E-state index >= 15 is 0 Å². The third kappa shape index (κ3) is 4.43. The first-order valence-corrected chi connectivity index (χ1v) is 9.39. The van der Waals surface area contributed by atoms with Crippen molar-refractivity contribution in [2.24, 2.45) is 0 Å². The molecule has 9 heteroatoms. The predicted molar refractivity (Wildman–Crippen MR) is 89.4 cm³/mol. The molecule has 2 rings (SSSR count). The van der Waals surface area contributed by atoms with E-state index in [2.05, 4.69) is 9.71 Å². The van der Waals surface area contributed by atoms with Gasteiger partial charge in [0.25, 0.3) is 10.0 Å². The summed E-state index contributed by atoms with van der Waals surface area (Å²) >= 11 is 7.04. The van der Waals surface area contributed by atoms with Gasteiger partial charge in [0, 0.05) is 16.1 Å². The molecule has 1 aromatic heterocycles. The second kappa shape index (κ2) is 7.29. The number of rotatable bonds is 6. The van der Waals surface area contributed by atoms with Crippen molar-refractivity contribution in [2.75, 3.05) is 11.3 Å². The lowest BCUT2D eigenvalue weighted by molar-refractivity contribution is -0.142. The molecule has 0 fully saturated rings. The Hall–Kier alpha value is -1.64. The van der Waals surface area contributed by atoms with E-state index in [1.54, 1.807) is 26.0 Å². The van der Waals surface area contributed by atoms with E-state index in [1.165, 1.54) is 12.3 Å². The number of hydrogen-bond acceptors (Lipinski definition) is 6. The zero-order valence-electron chi connectivity index (χ0n) is 12.5. The van der Waals surface area contributed by atoms with E-state index in [0.717, 1.165) is 11.3 Å². The van der Waals surface area contributed by atoms with Gasteiger partial charge in [-0.2, -0.15) is 0 Å². The second-order valence-corrected chi connectivity index (χ2v) is 7.76. The van der Waals surface area contributed by atoms with Crippen molar-refractivity contribution >= 4 is 44.1 Å². The minimum atomic E-state index is -3.79. The number of thiazole rings is 1. The first-order chi connectivity index (χ1) is 10.8. The molecule has 1 aromatic carbocycles. The first-order valence-electron chi connectivity index (χ1n) is 6.71. The van der Waals surface area contributed by atoms with Crippen LogP contribution in [0, 0.1) is 6.92 Å². The summed E-state index contributed by atoms with van der Waals surface area (Å²) in [5.41, 5.74) is 0.463. The Morgan fingerprint density at radius 1 is 1.43 bits per heavy atom. The Morgan fingerprint density at radius 2 is 2.17 bits per heavy atom. The van der Waals surface area contributed by atoms with Gasteiger partial charge in [-0.15, -0.1) is 11.3 Å². The van der Waals surface area contributed by atoms with E-state index in [-0.39, 0.29) is 22.4 Å². The normalized spacial score (nSPS) is 11.3. The first kappa shape index (κ1) is 17.7. The van der Waals surface area contributed by atoms with E-state index in [4.69, 9.17) is 16.3 Å². The Bertz CT molecular complexity index is 818. The maximum atomic E-state index is 12.4.